The van der Waals surface area contributed by atoms with Gasteiger partial charge in [0.05, 0.1) is 39.5 Å². The van der Waals surface area contributed by atoms with Gasteiger partial charge < -0.3 is 30.2 Å². The zero-order chi connectivity index (χ0) is 33.3. The number of carbonyl (C=O) groups is 3. The number of amides is 3. The second-order valence-corrected chi connectivity index (χ2v) is 9.75. The van der Waals surface area contributed by atoms with Gasteiger partial charge >= 0.3 is 17.1 Å². The average Bonchev–Trinajstić information content (AvgIpc) is 3.04. The lowest BCUT2D eigenvalue weighted by Crippen LogP contribution is -2.55. The summed E-state index contributed by atoms with van der Waals surface area (Å²) in [5, 5.41) is 8.01. The second-order valence-electron chi connectivity index (χ2n) is 9.75. The molecule has 1 aromatic rings. The fourth-order valence-electron chi connectivity index (χ4n) is 3.87. The zero-order valence-corrected chi connectivity index (χ0v) is 26.1. The van der Waals surface area contributed by atoms with E-state index in [0.717, 1.165) is 13.7 Å². The van der Waals surface area contributed by atoms with Crippen LogP contribution in [-0.4, -0.2) is 90.7 Å². The molecule has 1 heterocycles. The van der Waals surface area contributed by atoms with Crippen molar-refractivity contribution in [3.8, 4) is 0 Å². The van der Waals surface area contributed by atoms with E-state index in [1.54, 1.807) is 0 Å². The standard InChI is InChI=1S/C30H48N6O9/c1-4-25(37)31-13-7-10-19-43-22-16-34-28(40)35(17-23-44-20-11-8-14-32-26(38)5-2)30(42)36(29(34)41)18-24-45-21-12-9-15-33-27(39)6-3/h4-6H,1-3,7-24H2,(H,31,37)(H,32,38)(H,33,39). The number of aromatic nitrogens is 3. The first-order valence-electron chi connectivity index (χ1n) is 15.1. The third-order valence-corrected chi connectivity index (χ3v) is 6.36. The van der Waals surface area contributed by atoms with Gasteiger partial charge in [-0.25, -0.2) is 28.1 Å². The maximum Gasteiger partial charge on any atom is 0.336 e. The third-order valence-electron chi connectivity index (χ3n) is 6.36. The van der Waals surface area contributed by atoms with E-state index in [9.17, 15) is 28.8 Å². The number of nitrogens with one attached hydrogen (secondary N) is 3. The van der Waals surface area contributed by atoms with Crippen LogP contribution in [0.25, 0.3) is 0 Å². The van der Waals surface area contributed by atoms with Crippen molar-refractivity contribution in [3.63, 3.8) is 0 Å². The van der Waals surface area contributed by atoms with E-state index in [1.165, 1.54) is 18.2 Å². The molecule has 3 N–H and O–H groups in total. The Balaban J connectivity index is 2.74. The number of carbonyl (C=O) groups excluding carboxylic acids is 3. The van der Waals surface area contributed by atoms with E-state index in [0.29, 0.717) is 78.0 Å². The maximum absolute atomic E-state index is 13.1. The van der Waals surface area contributed by atoms with Crippen molar-refractivity contribution in [2.75, 3.05) is 59.3 Å². The lowest BCUT2D eigenvalue weighted by Gasteiger charge is -2.14. The van der Waals surface area contributed by atoms with Crippen molar-refractivity contribution in [1.82, 2.24) is 29.7 Å². The highest BCUT2D eigenvalue weighted by Gasteiger charge is 2.15. The molecule has 1 rings (SSSR count). The summed E-state index contributed by atoms with van der Waals surface area (Å²) < 4.78 is 19.7. The van der Waals surface area contributed by atoms with Gasteiger partial charge in [0.25, 0.3) is 0 Å². The number of hydrogen-bond acceptors (Lipinski definition) is 9. The molecule has 0 unspecified atom stereocenters. The van der Waals surface area contributed by atoms with Gasteiger partial charge in [-0.15, -0.1) is 0 Å². The van der Waals surface area contributed by atoms with Crippen molar-refractivity contribution in [3.05, 3.63) is 69.4 Å². The molecule has 0 saturated carbocycles. The molecule has 0 saturated heterocycles. The van der Waals surface area contributed by atoms with E-state index in [-0.39, 0.29) is 57.2 Å². The normalized spacial score (nSPS) is 10.7. The van der Waals surface area contributed by atoms with Gasteiger partial charge in [0, 0.05) is 39.5 Å². The Morgan fingerprint density at radius 2 is 0.756 bits per heavy atom. The van der Waals surface area contributed by atoms with Crippen molar-refractivity contribution in [2.45, 2.75) is 58.2 Å². The van der Waals surface area contributed by atoms with Gasteiger partial charge in [-0.2, -0.15) is 0 Å². The highest BCUT2D eigenvalue weighted by Crippen LogP contribution is 1.93. The molecule has 45 heavy (non-hydrogen) atoms. The van der Waals surface area contributed by atoms with Crippen LogP contribution in [0.3, 0.4) is 0 Å². The first-order chi connectivity index (χ1) is 21.8. The summed E-state index contributed by atoms with van der Waals surface area (Å²) >= 11 is 0. The fraction of sp³-hybridized carbons (Fsp3) is 0.600. The Kier molecular flexibility index (Phi) is 21.0. The molecule has 0 aromatic carbocycles. The molecule has 0 fully saturated rings. The molecular weight excluding hydrogens is 588 g/mol. The average molecular weight is 637 g/mol. The van der Waals surface area contributed by atoms with Crippen LogP contribution in [0.1, 0.15) is 38.5 Å². The van der Waals surface area contributed by atoms with E-state index >= 15 is 0 Å². The van der Waals surface area contributed by atoms with Crippen LogP contribution in [0.2, 0.25) is 0 Å². The topological polar surface area (TPSA) is 181 Å². The predicted octanol–water partition coefficient (Wildman–Crippen LogP) is -0.531. The lowest BCUT2D eigenvalue weighted by atomic mass is 10.3. The molecule has 0 radical (unpaired) electrons. The highest BCUT2D eigenvalue weighted by molar-refractivity contribution is 5.87. The molecule has 0 atom stereocenters. The predicted molar refractivity (Wildman–Crippen MR) is 169 cm³/mol. The minimum Gasteiger partial charge on any atom is -0.380 e. The Hall–Kier alpha value is -4.08. The van der Waals surface area contributed by atoms with E-state index in [2.05, 4.69) is 35.7 Å². The summed E-state index contributed by atoms with van der Waals surface area (Å²) in [6, 6.07) is 0. The smallest absolute Gasteiger partial charge is 0.336 e. The Morgan fingerprint density at radius 3 is 1.00 bits per heavy atom. The molecule has 252 valence electrons. The first kappa shape index (κ1) is 38.9. The lowest BCUT2D eigenvalue weighted by molar-refractivity contribution is -0.117. The quantitative estimate of drug-likeness (QED) is 0.0845. The zero-order valence-electron chi connectivity index (χ0n) is 26.1. The minimum atomic E-state index is -0.754. The van der Waals surface area contributed by atoms with Crippen molar-refractivity contribution in [2.24, 2.45) is 0 Å². The van der Waals surface area contributed by atoms with Crippen LogP contribution in [0.15, 0.2) is 52.3 Å². The number of hydrogen-bond donors (Lipinski definition) is 3. The van der Waals surface area contributed by atoms with Crippen molar-refractivity contribution < 1.29 is 28.6 Å². The molecule has 0 aliphatic heterocycles. The molecule has 0 aliphatic rings. The molecule has 0 bridgehead atoms. The van der Waals surface area contributed by atoms with Crippen LogP contribution in [0.5, 0.6) is 0 Å². The van der Waals surface area contributed by atoms with Gasteiger partial charge in [0.2, 0.25) is 17.7 Å². The molecule has 0 spiro atoms. The third kappa shape index (κ3) is 16.5. The number of nitrogens with zero attached hydrogens (tertiary/aromatic N) is 3. The highest BCUT2D eigenvalue weighted by atomic mass is 16.5. The number of rotatable bonds is 27. The summed E-state index contributed by atoms with van der Waals surface area (Å²) in [7, 11) is 0. The van der Waals surface area contributed by atoms with Crippen LogP contribution < -0.4 is 33.0 Å². The molecule has 3 amide bonds. The van der Waals surface area contributed by atoms with Crippen LogP contribution in [-0.2, 0) is 48.2 Å². The van der Waals surface area contributed by atoms with E-state index in [1.807, 2.05) is 0 Å². The molecule has 1 aromatic heterocycles. The summed E-state index contributed by atoms with van der Waals surface area (Å²) in [4.78, 5) is 73.0. The molecular formula is C30H48N6O9. The van der Waals surface area contributed by atoms with Gasteiger partial charge in [-0.1, -0.05) is 19.7 Å². The Labute approximate surface area is 262 Å². The van der Waals surface area contributed by atoms with Crippen LogP contribution >= 0.6 is 0 Å². The maximum atomic E-state index is 13.1. The van der Waals surface area contributed by atoms with Crippen molar-refractivity contribution >= 4 is 17.7 Å². The fourth-order valence-corrected chi connectivity index (χ4v) is 3.87. The number of unbranched alkanes of at least 4 members (excludes halogenated alkanes) is 3. The first-order valence-corrected chi connectivity index (χ1v) is 15.1. The monoisotopic (exact) mass is 636 g/mol. The van der Waals surface area contributed by atoms with Crippen molar-refractivity contribution in [1.29, 1.82) is 0 Å². The second kappa shape index (κ2) is 24.3. The summed E-state index contributed by atoms with van der Waals surface area (Å²) in [6.45, 7) is 12.7. The molecule has 15 nitrogen and oxygen atoms in total. The van der Waals surface area contributed by atoms with Crippen LogP contribution in [0, 0.1) is 0 Å². The molecule has 15 heteroatoms. The molecule has 0 aliphatic carbocycles. The summed E-state index contributed by atoms with van der Waals surface area (Å²) in [5.41, 5.74) is -2.26. The van der Waals surface area contributed by atoms with Gasteiger partial charge in [0.15, 0.2) is 0 Å². The minimum absolute atomic E-state index is 0.0558. The van der Waals surface area contributed by atoms with E-state index < -0.39 is 17.1 Å². The van der Waals surface area contributed by atoms with Gasteiger partial charge in [-0.3, -0.25) is 14.4 Å². The summed E-state index contributed by atoms with van der Waals surface area (Å²) in [5.74, 6) is -0.747. The van der Waals surface area contributed by atoms with Gasteiger partial charge in [-0.05, 0) is 56.8 Å². The van der Waals surface area contributed by atoms with E-state index in [4.69, 9.17) is 14.2 Å². The Bertz CT molecular complexity index is 1090. The number of ether oxygens (including phenoxy) is 3. The van der Waals surface area contributed by atoms with Crippen LogP contribution in [0.4, 0.5) is 0 Å². The SMILES string of the molecule is C=CC(=O)NCCCCOCCn1c(=O)n(CCOCCCCNC(=O)C=C)c(=O)n(CCOCCCCNC(=O)C=C)c1=O. The Morgan fingerprint density at radius 1 is 0.489 bits per heavy atom. The summed E-state index contributed by atoms with van der Waals surface area (Å²) in [6.07, 6.45) is 7.62. The largest absolute Gasteiger partial charge is 0.380 e. The van der Waals surface area contributed by atoms with Gasteiger partial charge in [0.1, 0.15) is 0 Å².